The largest absolute Gasteiger partial charge is 0.347 e. The van der Waals surface area contributed by atoms with Crippen LogP contribution in [0, 0.1) is 5.41 Å². The summed E-state index contributed by atoms with van der Waals surface area (Å²) in [7, 11) is 0. The topological polar surface area (TPSA) is 44.7 Å². The molecule has 0 bridgehead atoms. The third-order valence-electron chi connectivity index (χ3n) is 9.01. The molecule has 2 saturated heterocycles. The van der Waals surface area contributed by atoms with Crippen LogP contribution >= 0.6 is 0 Å². The van der Waals surface area contributed by atoms with Crippen molar-refractivity contribution in [3.05, 3.63) is 60.2 Å². The summed E-state index contributed by atoms with van der Waals surface area (Å²) >= 11 is 0. The van der Waals surface area contributed by atoms with E-state index in [1.165, 1.54) is 103 Å². The first-order chi connectivity index (χ1) is 21.2. The fraction of sp³-hybridized carbons (Fsp3) is 0.730. The molecular weight excluding hydrogens is 536 g/mol. The summed E-state index contributed by atoms with van der Waals surface area (Å²) in [5.74, 6) is 0. The van der Waals surface area contributed by atoms with E-state index in [2.05, 4.69) is 72.0 Å². The second-order valence-corrected chi connectivity index (χ2v) is 13.1. The van der Waals surface area contributed by atoms with E-state index < -0.39 is 0 Å². The number of aryl methyl sites for hydroxylation is 2. The van der Waals surface area contributed by atoms with Crippen LogP contribution in [-0.4, -0.2) is 26.4 Å². The number of aromatic nitrogens is 2. The molecule has 0 N–H and O–H groups in total. The predicted octanol–water partition coefficient (Wildman–Crippen LogP) is 8.32. The number of unbranched alkanes of at least 4 members (excludes halogenated alkanes) is 14. The van der Waals surface area contributed by atoms with Crippen LogP contribution in [0.15, 0.2) is 49.1 Å². The first kappa shape index (κ1) is 34.0. The molecule has 6 nitrogen and oxygen atoms in total. The second-order valence-electron chi connectivity index (χ2n) is 13.1. The van der Waals surface area contributed by atoms with Gasteiger partial charge in [-0.2, -0.15) is 0 Å². The molecule has 0 saturated carbocycles. The summed E-state index contributed by atoms with van der Waals surface area (Å²) in [6, 6.07) is 8.43. The van der Waals surface area contributed by atoms with Gasteiger partial charge in [-0.15, -0.1) is 0 Å². The van der Waals surface area contributed by atoms with Crippen LogP contribution < -0.4 is 9.13 Å². The van der Waals surface area contributed by atoms with Crippen molar-refractivity contribution >= 4 is 0 Å². The fourth-order valence-corrected chi connectivity index (χ4v) is 6.24. The lowest BCUT2D eigenvalue weighted by Crippen LogP contribution is -2.49. The minimum atomic E-state index is -0.334. The Bertz CT molecular complexity index is 930. The van der Waals surface area contributed by atoms with E-state index in [0.717, 1.165) is 24.2 Å². The standard InChI is InChI=1S/C37H60N2O4/c1-3-5-7-9-11-13-15-17-23-38-25-19-21-33(27-38)35-40-29-37(30-41-35)31-42-36(43-32-37)34-22-20-26-39(28-34)24-18-16-14-12-10-8-6-4-2/h19-22,25-28,35-36H,3-18,23-24,29-32H2,1-2H3/q+2. The van der Waals surface area contributed by atoms with Crippen molar-refractivity contribution in [1.82, 2.24) is 0 Å². The number of hydrogen-bond donors (Lipinski definition) is 0. The maximum Gasteiger partial charge on any atom is 0.189 e. The number of ether oxygens (including phenoxy) is 4. The first-order valence-corrected chi connectivity index (χ1v) is 17.7. The quantitative estimate of drug-likeness (QED) is 0.114. The SMILES string of the molecule is CCCCCCCCCC[n+]1cccc(C2OCC3(CO2)COC(c2ccc[n+](CCCCCCCCCC)c2)OC3)c1. The van der Waals surface area contributed by atoms with E-state index in [1.54, 1.807) is 0 Å². The summed E-state index contributed by atoms with van der Waals surface area (Å²) in [5.41, 5.74) is 1.91. The van der Waals surface area contributed by atoms with Crippen molar-refractivity contribution < 1.29 is 28.1 Å². The second kappa shape index (κ2) is 19.5. The van der Waals surface area contributed by atoms with Gasteiger partial charge in [-0.3, -0.25) is 0 Å². The predicted molar refractivity (Wildman–Crippen MR) is 170 cm³/mol. The van der Waals surface area contributed by atoms with Crippen molar-refractivity contribution in [3.63, 3.8) is 0 Å². The van der Waals surface area contributed by atoms with Gasteiger partial charge in [0, 0.05) is 25.0 Å². The average molecular weight is 597 g/mol. The van der Waals surface area contributed by atoms with Crippen LogP contribution in [0.2, 0.25) is 0 Å². The van der Waals surface area contributed by atoms with Gasteiger partial charge < -0.3 is 18.9 Å². The smallest absolute Gasteiger partial charge is 0.189 e. The Morgan fingerprint density at radius 3 is 1.26 bits per heavy atom. The highest BCUT2D eigenvalue weighted by atomic mass is 16.7. The van der Waals surface area contributed by atoms with Gasteiger partial charge in [-0.1, -0.05) is 90.9 Å². The summed E-state index contributed by atoms with van der Waals surface area (Å²) in [5, 5.41) is 0. The van der Waals surface area contributed by atoms with Gasteiger partial charge in [0.05, 0.1) is 43.0 Å². The highest BCUT2D eigenvalue weighted by molar-refractivity contribution is 5.09. The van der Waals surface area contributed by atoms with Crippen LogP contribution in [0.3, 0.4) is 0 Å². The van der Waals surface area contributed by atoms with Crippen LogP contribution in [0.25, 0.3) is 0 Å². The minimum Gasteiger partial charge on any atom is -0.347 e. The third-order valence-corrected chi connectivity index (χ3v) is 9.01. The highest BCUT2D eigenvalue weighted by Crippen LogP contribution is 2.37. The summed E-state index contributed by atoms with van der Waals surface area (Å²) in [6.45, 7) is 8.93. The Balaban J connectivity index is 1.14. The molecule has 0 atom stereocenters. The van der Waals surface area contributed by atoms with Gasteiger partial charge in [0.1, 0.15) is 13.1 Å². The van der Waals surface area contributed by atoms with Gasteiger partial charge >= 0.3 is 0 Å². The molecule has 240 valence electrons. The van der Waals surface area contributed by atoms with Gasteiger partial charge in [-0.25, -0.2) is 9.13 Å². The third kappa shape index (κ3) is 11.9. The first-order valence-electron chi connectivity index (χ1n) is 17.7. The Labute approximate surface area is 262 Å². The van der Waals surface area contributed by atoms with E-state index in [-0.39, 0.29) is 18.0 Å². The van der Waals surface area contributed by atoms with Crippen molar-refractivity contribution in [3.8, 4) is 0 Å². The van der Waals surface area contributed by atoms with Crippen molar-refractivity contribution in [2.45, 2.75) is 142 Å². The Morgan fingerprint density at radius 2 is 0.884 bits per heavy atom. The molecule has 2 aliphatic heterocycles. The molecule has 4 rings (SSSR count). The molecule has 2 aromatic rings. The number of nitrogens with zero attached hydrogens (tertiary/aromatic N) is 2. The summed E-state index contributed by atoms with van der Waals surface area (Å²) < 4.78 is 29.6. The highest BCUT2D eigenvalue weighted by Gasteiger charge is 2.43. The molecule has 1 spiro atoms. The molecule has 4 heterocycles. The van der Waals surface area contributed by atoms with E-state index in [1.807, 2.05) is 0 Å². The molecule has 2 aromatic heterocycles. The zero-order valence-electron chi connectivity index (χ0n) is 27.4. The van der Waals surface area contributed by atoms with Crippen LogP contribution in [0.1, 0.15) is 140 Å². The van der Waals surface area contributed by atoms with Gasteiger partial charge in [-0.05, 0) is 25.0 Å². The zero-order chi connectivity index (χ0) is 30.0. The van der Waals surface area contributed by atoms with Gasteiger partial charge in [0.15, 0.2) is 37.4 Å². The van der Waals surface area contributed by atoms with E-state index in [9.17, 15) is 0 Å². The number of hydrogen-bond acceptors (Lipinski definition) is 4. The number of rotatable bonds is 20. The van der Waals surface area contributed by atoms with Crippen LogP contribution in [0.5, 0.6) is 0 Å². The van der Waals surface area contributed by atoms with Crippen LogP contribution in [0.4, 0.5) is 0 Å². The summed E-state index contributed by atoms with van der Waals surface area (Å²) in [4.78, 5) is 0. The van der Waals surface area contributed by atoms with E-state index >= 15 is 0 Å². The maximum absolute atomic E-state index is 6.25. The molecule has 0 radical (unpaired) electrons. The van der Waals surface area contributed by atoms with Gasteiger partial charge in [0.25, 0.3) is 0 Å². The molecule has 0 aromatic carbocycles. The average Bonchev–Trinajstić information content (AvgIpc) is 3.05. The normalized spacial score (nSPS) is 22.3. The van der Waals surface area contributed by atoms with Crippen LogP contribution in [-0.2, 0) is 32.0 Å². The lowest BCUT2D eigenvalue weighted by atomic mass is 9.90. The minimum absolute atomic E-state index is 0.253. The lowest BCUT2D eigenvalue weighted by molar-refractivity contribution is -0.698. The van der Waals surface area contributed by atoms with Gasteiger partial charge in [0.2, 0.25) is 0 Å². The molecular formula is C37H60N2O4+2. The fourth-order valence-electron chi connectivity index (χ4n) is 6.24. The van der Waals surface area contributed by atoms with E-state index in [4.69, 9.17) is 18.9 Å². The Morgan fingerprint density at radius 1 is 0.535 bits per heavy atom. The van der Waals surface area contributed by atoms with Crippen molar-refractivity contribution in [1.29, 1.82) is 0 Å². The molecule has 2 fully saturated rings. The molecule has 43 heavy (non-hydrogen) atoms. The molecule has 0 aliphatic carbocycles. The molecule has 2 aliphatic rings. The Kier molecular flexibility index (Phi) is 15.4. The monoisotopic (exact) mass is 596 g/mol. The molecule has 0 unspecified atom stereocenters. The number of pyridine rings is 2. The van der Waals surface area contributed by atoms with Crippen molar-refractivity contribution in [2.24, 2.45) is 5.41 Å². The lowest BCUT2D eigenvalue weighted by Gasteiger charge is -2.43. The zero-order valence-corrected chi connectivity index (χ0v) is 27.4. The maximum atomic E-state index is 6.25. The molecule has 6 heteroatoms. The Hall–Kier alpha value is -1.86. The molecule has 0 amide bonds. The van der Waals surface area contributed by atoms with Crippen molar-refractivity contribution in [2.75, 3.05) is 26.4 Å². The summed E-state index contributed by atoms with van der Waals surface area (Å²) in [6.07, 6.45) is 29.4. The van der Waals surface area contributed by atoms with E-state index in [0.29, 0.717) is 26.4 Å².